The number of ether oxygens (including phenoxy) is 2. The first-order valence-electron chi connectivity index (χ1n) is 8.74. The maximum atomic E-state index is 12.8. The van der Waals surface area contributed by atoms with Gasteiger partial charge in [0.1, 0.15) is 23.9 Å². The van der Waals surface area contributed by atoms with E-state index >= 15 is 0 Å². The summed E-state index contributed by atoms with van der Waals surface area (Å²) in [6, 6.07) is -0.884. The van der Waals surface area contributed by atoms with Crippen LogP contribution in [0.25, 0.3) is 0 Å². The molecule has 2 saturated heterocycles. The molecule has 2 amide bonds. The SMILES string of the molecule is Nc1nc(/C(=N/O)C(=O)NC2C(=O)N3C(C(=O)S)=C(CC4COCO4)CS[C@H]23)cs1. The lowest BCUT2D eigenvalue weighted by Gasteiger charge is -2.50. The Balaban J connectivity index is 1.49. The molecule has 4 heterocycles. The topological polar surface area (TPSA) is 156 Å². The summed E-state index contributed by atoms with van der Waals surface area (Å²) in [4.78, 5) is 42.7. The Kier molecular flexibility index (Phi) is 6.02. The number of nitrogens with zero attached hydrogens (tertiary/aromatic N) is 3. The molecule has 0 bridgehead atoms. The maximum Gasteiger partial charge on any atom is 0.276 e. The third kappa shape index (κ3) is 3.80. The Morgan fingerprint density at radius 3 is 2.90 bits per heavy atom. The molecule has 2 unspecified atom stereocenters. The number of thiol groups is 1. The molecule has 4 N–H and O–H groups in total. The highest BCUT2D eigenvalue weighted by Crippen LogP contribution is 2.42. The fraction of sp³-hybridized carbons (Fsp3) is 0.438. The second-order valence-electron chi connectivity index (χ2n) is 6.62. The lowest BCUT2D eigenvalue weighted by molar-refractivity contribution is -0.146. The number of anilines is 1. The fourth-order valence-electron chi connectivity index (χ4n) is 3.42. The van der Waals surface area contributed by atoms with Crippen LogP contribution in [0.15, 0.2) is 21.8 Å². The number of nitrogens with two attached hydrogens (primary N) is 1. The van der Waals surface area contributed by atoms with Gasteiger partial charge in [0.25, 0.3) is 11.8 Å². The van der Waals surface area contributed by atoms with Crippen molar-refractivity contribution in [3.63, 3.8) is 0 Å². The van der Waals surface area contributed by atoms with Crippen LogP contribution in [-0.2, 0) is 23.9 Å². The number of fused-ring (bicyclic) bond motifs is 1. The number of hydrogen-bond donors (Lipinski definition) is 4. The quantitative estimate of drug-likeness (QED) is 0.145. The summed E-state index contributed by atoms with van der Waals surface area (Å²) < 4.78 is 10.6. The molecule has 0 spiro atoms. The monoisotopic (exact) mass is 471 g/mol. The molecular formula is C16H17N5O6S3. The van der Waals surface area contributed by atoms with Crippen LogP contribution in [0.2, 0.25) is 0 Å². The highest BCUT2D eigenvalue weighted by Gasteiger charge is 2.54. The number of nitrogen functional groups attached to an aromatic ring is 1. The molecule has 3 aliphatic heterocycles. The first kappa shape index (κ1) is 21.1. The summed E-state index contributed by atoms with van der Waals surface area (Å²) in [6.07, 6.45) is 0.273. The largest absolute Gasteiger partial charge is 0.410 e. The van der Waals surface area contributed by atoms with E-state index in [1.165, 1.54) is 22.0 Å². The molecule has 30 heavy (non-hydrogen) atoms. The Morgan fingerprint density at radius 2 is 2.30 bits per heavy atom. The molecule has 0 aliphatic carbocycles. The number of carbonyl (C=O) groups excluding carboxylic acids is 3. The summed E-state index contributed by atoms with van der Waals surface area (Å²) in [7, 11) is 0. The van der Waals surface area contributed by atoms with Gasteiger partial charge >= 0.3 is 0 Å². The van der Waals surface area contributed by atoms with E-state index in [2.05, 4.69) is 28.1 Å². The molecule has 1 aromatic rings. The van der Waals surface area contributed by atoms with Crippen molar-refractivity contribution in [1.82, 2.24) is 15.2 Å². The summed E-state index contributed by atoms with van der Waals surface area (Å²) in [5.41, 5.74) is 6.27. The van der Waals surface area contributed by atoms with Crippen molar-refractivity contribution in [3.05, 3.63) is 22.3 Å². The smallest absolute Gasteiger partial charge is 0.276 e. The predicted molar refractivity (Wildman–Crippen MR) is 111 cm³/mol. The molecular weight excluding hydrogens is 454 g/mol. The molecule has 14 heteroatoms. The first-order valence-corrected chi connectivity index (χ1v) is 11.1. The summed E-state index contributed by atoms with van der Waals surface area (Å²) in [5.74, 6) is -0.744. The third-order valence-electron chi connectivity index (χ3n) is 4.78. The first-order chi connectivity index (χ1) is 14.4. The number of rotatable bonds is 6. The number of carbonyl (C=O) groups is 3. The van der Waals surface area contributed by atoms with Crippen LogP contribution in [0, 0.1) is 0 Å². The van der Waals surface area contributed by atoms with Crippen molar-refractivity contribution in [2.24, 2.45) is 5.16 Å². The van der Waals surface area contributed by atoms with Crippen LogP contribution in [0.1, 0.15) is 12.1 Å². The normalized spacial score (nSPS) is 26.4. The van der Waals surface area contributed by atoms with Crippen LogP contribution in [-0.4, -0.2) is 74.4 Å². The average molecular weight is 472 g/mol. The number of aromatic nitrogens is 1. The molecule has 1 aromatic heterocycles. The summed E-state index contributed by atoms with van der Waals surface area (Å²) in [5, 5.41) is 15.4. The lowest BCUT2D eigenvalue weighted by Crippen LogP contribution is -2.71. The second-order valence-corrected chi connectivity index (χ2v) is 9.02. The van der Waals surface area contributed by atoms with Crippen LogP contribution in [0.5, 0.6) is 0 Å². The average Bonchev–Trinajstić information content (AvgIpc) is 3.38. The number of thiazole rings is 1. The zero-order chi connectivity index (χ0) is 21.4. The van der Waals surface area contributed by atoms with Crippen molar-refractivity contribution in [2.75, 3.05) is 24.9 Å². The molecule has 0 radical (unpaired) electrons. The number of β-lactam (4-membered cyclic amide) rings is 1. The molecule has 160 valence electrons. The van der Waals surface area contributed by atoms with Gasteiger partial charge in [-0.05, 0) is 5.57 Å². The zero-order valence-corrected chi connectivity index (χ0v) is 17.8. The van der Waals surface area contributed by atoms with Gasteiger partial charge in [-0.2, -0.15) is 0 Å². The van der Waals surface area contributed by atoms with Crippen molar-refractivity contribution >= 4 is 63.5 Å². The maximum absolute atomic E-state index is 12.8. The number of amides is 2. The van der Waals surface area contributed by atoms with E-state index in [4.69, 9.17) is 15.2 Å². The van der Waals surface area contributed by atoms with Crippen molar-refractivity contribution < 1.29 is 29.1 Å². The van der Waals surface area contributed by atoms with Gasteiger partial charge in [0.2, 0.25) is 5.12 Å². The van der Waals surface area contributed by atoms with Gasteiger partial charge in [-0.1, -0.05) is 17.8 Å². The van der Waals surface area contributed by atoms with Gasteiger partial charge in [-0.15, -0.1) is 23.1 Å². The van der Waals surface area contributed by atoms with Gasteiger partial charge in [0, 0.05) is 17.6 Å². The number of nitrogens with one attached hydrogen (secondary N) is 1. The van der Waals surface area contributed by atoms with E-state index in [0.29, 0.717) is 18.8 Å². The molecule has 0 saturated carbocycles. The molecule has 2 fully saturated rings. The van der Waals surface area contributed by atoms with Crippen LogP contribution in [0.4, 0.5) is 5.13 Å². The van der Waals surface area contributed by atoms with E-state index < -0.39 is 28.3 Å². The Hall–Kier alpha value is -2.13. The lowest BCUT2D eigenvalue weighted by atomic mass is 10.0. The predicted octanol–water partition coefficient (Wildman–Crippen LogP) is -0.223. The van der Waals surface area contributed by atoms with Crippen LogP contribution < -0.4 is 11.1 Å². The highest BCUT2D eigenvalue weighted by molar-refractivity contribution is 8.00. The van der Waals surface area contributed by atoms with Gasteiger partial charge < -0.3 is 25.7 Å². The highest BCUT2D eigenvalue weighted by atomic mass is 32.2. The summed E-state index contributed by atoms with van der Waals surface area (Å²) in [6.45, 7) is 0.622. The van der Waals surface area contributed by atoms with Crippen molar-refractivity contribution in [3.8, 4) is 0 Å². The number of hydrogen-bond acceptors (Lipinski definition) is 11. The van der Waals surface area contributed by atoms with Gasteiger partial charge in [0.15, 0.2) is 10.8 Å². The number of oxime groups is 1. The minimum Gasteiger partial charge on any atom is -0.410 e. The van der Waals surface area contributed by atoms with Crippen molar-refractivity contribution in [1.29, 1.82) is 0 Å². The Labute approximate surface area is 184 Å². The van der Waals surface area contributed by atoms with Crippen LogP contribution in [0.3, 0.4) is 0 Å². The Bertz CT molecular complexity index is 957. The van der Waals surface area contributed by atoms with E-state index in [0.717, 1.165) is 16.9 Å². The molecule has 11 nitrogen and oxygen atoms in total. The summed E-state index contributed by atoms with van der Waals surface area (Å²) >= 11 is 6.43. The van der Waals surface area contributed by atoms with E-state index in [1.54, 1.807) is 0 Å². The van der Waals surface area contributed by atoms with Gasteiger partial charge in [-0.3, -0.25) is 19.3 Å². The van der Waals surface area contributed by atoms with Crippen molar-refractivity contribution in [2.45, 2.75) is 23.9 Å². The third-order valence-corrected chi connectivity index (χ3v) is 7.01. The second kappa shape index (κ2) is 8.55. The molecule has 0 aromatic carbocycles. The van der Waals surface area contributed by atoms with Gasteiger partial charge in [-0.25, -0.2) is 4.98 Å². The number of thioether (sulfide) groups is 1. The van der Waals surface area contributed by atoms with E-state index in [1.807, 2.05) is 0 Å². The minimum absolute atomic E-state index is 0.101. The van der Waals surface area contributed by atoms with E-state index in [-0.39, 0.29) is 35.1 Å². The van der Waals surface area contributed by atoms with Crippen LogP contribution >= 0.6 is 35.7 Å². The minimum atomic E-state index is -0.884. The molecule has 4 rings (SSSR count). The molecule has 3 aliphatic rings. The Morgan fingerprint density at radius 1 is 1.50 bits per heavy atom. The van der Waals surface area contributed by atoms with E-state index in [9.17, 15) is 19.6 Å². The zero-order valence-electron chi connectivity index (χ0n) is 15.3. The fourth-order valence-corrected chi connectivity index (χ4v) is 5.60. The molecule has 3 atom stereocenters. The standard InChI is InChI=1S/C16H17N5O6S3/c17-16-18-8(4-30-16)9(20-25)12(22)19-10-13(23)21-11(15(24)28)6(3-29-14(10)21)1-7-2-26-5-27-7/h4,7,10,14,25H,1-3,5H2,(H2,17,18)(H,19,22)(H,24,28)/b20-9-/t7?,10?,14-/m1/s1. The van der Waals surface area contributed by atoms with Gasteiger partial charge in [0.05, 0.1) is 18.4 Å².